The van der Waals surface area contributed by atoms with Crippen molar-refractivity contribution in [2.75, 3.05) is 0 Å². The Labute approximate surface area is 134 Å². The zero-order chi connectivity index (χ0) is 17.4. The average molecular weight is 339 g/mol. The van der Waals surface area contributed by atoms with Crippen LogP contribution in [0.3, 0.4) is 0 Å². The molecule has 0 fully saturated rings. The molecule has 24 heavy (non-hydrogen) atoms. The summed E-state index contributed by atoms with van der Waals surface area (Å²) < 4.78 is 54.7. The number of hydrogen-bond acceptors (Lipinski definition) is 4. The molecule has 0 saturated carbocycles. The van der Waals surface area contributed by atoms with E-state index in [9.17, 15) is 18.0 Å². The number of fused-ring (bicyclic) bond motifs is 1. The lowest BCUT2D eigenvalue weighted by molar-refractivity contribution is -0.318. The molecule has 1 aliphatic rings. The van der Waals surface area contributed by atoms with Crippen LogP contribution in [0.1, 0.15) is 5.56 Å². The van der Waals surface area contributed by atoms with Crippen molar-refractivity contribution >= 4 is 6.09 Å². The molecule has 1 amide bonds. The van der Waals surface area contributed by atoms with Crippen molar-refractivity contribution in [1.82, 2.24) is 5.32 Å². The van der Waals surface area contributed by atoms with E-state index in [1.807, 2.05) is 6.92 Å². The number of halogens is 3. The van der Waals surface area contributed by atoms with E-state index in [2.05, 4.69) is 0 Å². The number of para-hydroxylation sites is 2. The Kier molecular flexibility index (Phi) is 3.75. The molecule has 2 aromatic carbocycles. The van der Waals surface area contributed by atoms with Gasteiger partial charge in [-0.3, -0.25) is 0 Å². The number of benzene rings is 2. The number of aryl methyl sites for hydroxylation is 1. The van der Waals surface area contributed by atoms with Crippen molar-refractivity contribution in [2.45, 2.75) is 19.0 Å². The van der Waals surface area contributed by atoms with Crippen molar-refractivity contribution in [2.24, 2.45) is 0 Å². The van der Waals surface area contributed by atoms with E-state index in [4.69, 9.17) is 14.2 Å². The van der Waals surface area contributed by atoms with E-state index >= 15 is 0 Å². The van der Waals surface area contributed by atoms with Crippen LogP contribution in [0.25, 0.3) is 0 Å². The Hall–Kier alpha value is -2.90. The second-order valence-electron chi connectivity index (χ2n) is 5.09. The van der Waals surface area contributed by atoms with Crippen molar-refractivity contribution in [1.29, 1.82) is 0 Å². The van der Waals surface area contributed by atoms with Gasteiger partial charge in [0.25, 0.3) is 0 Å². The number of alkyl halides is 3. The van der Waals surface area contributed by atoms with Crippen LogP contribution < -0.4 is 19.5 Å². The predicted molar refractivity (Wildman–Crippen MR) is 76.8 cm³/mol. The van der Waals surface area contributed by atoms with Gasteiger partial charge in [0.15, 0.2) is 11.5 Å². The van der Waals surface area contributed by atoms with Crippen LogP contribution >= 0.6 is 0 Å². The first-order valence-electron chi connectivity index (χ1n) is 6.89. The second kappa shape index (κ2) is 5.63. The lowest BCUT2D eigenvalue weighted by Crippen LogP contribution is -2.65. The molecule has 0 aliphatic carbocycles. The van der Waals surface area contributed by atoms with E-state index in [1.54, 1.807) is 17.4 Å². The van der Waals surface area contributed by atoms with E-state index in [0.29, 0.717) is 0 Å². The first-order valence-corrected chi connectivity index (χ1v) is 6.89. The Morgan fingerprint density at radius 2 is 1.58 bits per heavy atom. The smallest absolute Gasteiger partial charge is 0.424 e. The highest BCUT2D eigenvalue weighted by Crippen LogP contribution is 2.44. The molecule has 0 atom stereocenters. The molecule has 8 heteroatoms. The number of ether oxygens (including phenoxy) is 3. The van der Waals surface area contributed by atoms with E-state index in [0.717, 1.165) is 5.56 Å². The highest BCUT2D eigenvalue weighted by Gasteiger charge is 2.66. The number of rotatable bonds is 2. The molecule has 0 spiro atoms. The van der Waals surface area contributed by atoms with Gasteiger partial charge in [0, 0.05) is 0 Å². The summed E-state index contributed by atoms with van der Waals surface area (Å²) in [4.78, 5) is 11.9. The molecule has 1 N–H and O–H groups in total. The molecule has 0 bridgehead atoms. The predicted octanol–water partition coefficient (Wildman–Crippen LogP) is 3.77. The molecular formula is C16H12F3NO4. The van der Waals surface area contributed by atoms with E-state index in [1.165, 1.54) is 36.4 Å². The average Bonchev–Trinajstić information content (AvgIpc) is 2.88. The van der Waals surface area contributed by atoms with Crippen LogP contribution in [0.5, 0.6) is 17.2 Å². The highest BCUT2D eigenvalue weighted by molar-refractivity contribution is 5.71. The van der Waals surface area contributed by atoms with Crippen molar-refractivity contribution in [3.05, 3.63) is 54.1 Å². The maximum atomic E-state index is 13.4. The third-order valence-corrected chi connectivity index (χ3v) is 3.23. The van der Waals surface area contributed by atoms with Crippen molar-refractivity contribution in [3.63, 3.8) is 0 Å². The maximum Gasteiger partial charge on any atom is 0.492 e. The summed E-state index contributed by atoms with van der Waals surface area (Å²) in [5.41, 5.74) is 0.910. The summed E-state index contributed by atoms with van der Waals surface area (Å²) in [5.74, 6) is -3.51. The minimum atomic E-state index is -5.03. The van der Waals surface area contributed by atoms with Gasteiger partial charge in [0.1, 0.15) is 5.75 Å². The van der Waals surface area contributed by atoms with Crippen LogP contribution in [0.15, 0.2) is 48.5 Å². The quantitative estimate of drug-likeness (QED) is 0.905. The SMILES string of the molecule is Cc1ccc(OC(=O)NC2(C(F)(F)F)Oc3ccccc3O2)cc1. The molecule has 0 saturated heterocycles. The molecule has 0 aromatic heterocycles. The molecule has 1 aliphatic heterocycles. The fourth-order valence-corrected chi connectivity index (χ4v) is 2.06. The summed E-state index contributed by atoms with van der Waals surface area (Å²) >= 11 is 0. The molecule has 2 aromatic rings. The van der Waals surface area contributed by atoms with E-state index < -0.39 is 18.2 Å². The van der Waals surface area contributed by atoms with Gasteiger partial charge in [-0.05, 0) is 31.2 Å². The minimum absolute atomic E-state index is 0.0888. The normalized spacial score (nSPS) is 15.0. The zero-order valence-electron chi connectivity index (χ0n) is 12.4. The van der Waals surface area contributed by atoms with Gasteiger partial charge in [0.2, 0.25) is 0 Å². The van der Waals surface area contributed by atoms with Gasteiger partial charge in [-0.1, -0.05) is 29.8 Å². The summed E-state index contributed by atoms with van der Waals surface area (Å²) in [6.07, 6.45) is -6.39. The number of carbonyl (C=O) groups excluding carboxylic acids is 1. The van der Waals surface area contributed by atoms with Gasteiger partial charge in [-0.25, -0.2) is 10.1 Å². The molecule has 1 heterocycles. The minimum Gasteiger partial charge on any atom is -0.424 e. The van der Waals surface area contributed by atoms with Crippen LogP contribution in [0, 0.1) is 6.92 Å². The number of hydrogen-bond donors (Lipinski definition) is 1. The summed E-state index contributed by atoms with van der Waals surface area (Å²) in [5, 5.41) is 1.61. The lowest BCUT2D eigenvalue weighted by Gasteiger charge is -2.29. The molecule has 0 radical (unpaired) electrons. The Morgan fingerprint density at radius 1 is 1.04 bits per heavy atom. The number of amides is 1. The van der Waals surface area contributed by atoms with Gasteiger partial charge >= 0.3 is 18.2 Å². The van der Waals surface area contributed by atoms with Gasteiger partial charge in [-0.15, -0.1) is 0 Å². The fourth-order valence-electron chi connectivity index (χ4n) is 2.06. The van der Waals surface area contributed by atoms with Gasteiger partial charge in [0.05, 0.1) is 0 Å². The Morgan fingerprint density at radius 3 is 2.08 bits per heavy atom. The Balaban J connectivity index is 1.79. The first-order chi connectivity index (χ1) is 11.3. The monoisotopic (exact) mass is 339 g/mol. The van der Waals surface area contributed by atoms with Gasteiger partial charge < -0.3 is 14.2 Å². The van der Waals surface area contributed by atoms with Crippen LogP contribution in [-0.4, -0.2) is 18.2 Å². The molecular weight excluding hydrogens is 327 g/mol. The molecule has 126 valence electrons. The first kappa shape index (κ1) is 16.0. The van der Waals surface area contributed by atoms with Crippen LogP contribution in [0.4, 0.5) is 18.0 Å². The maximum absolute atomic E-state index is 13.4. The summed E-state index contributed by atoms with van der Waals surface area (Å²) in [6.45, 7) is 1.82. The van der Waals surface area contributed by atoms with Crippen LogP contribution in [-0.2, 0) is 0 Å². The summed E-state index contributed by atoms with van der Waals surface area (Å²) in [7, 11) is 0. The highest BCUT2D eigenvalue weighted by atomic mass is 19.4. The second-order valence-corrected chi connectivity index (χ2v) is 5.09. The Bertz CT molecular complexity index is 734. The third-order valence-electron chi connectivity index (χ3n) is 3.23. The summed E-state index contributed by atoms with van der Waals surface area (Å²) in [6, 6.07) is 11.8. The molecule has 5 nitrogen and oxygen atoms in total. The largest absolute Gasteiger partial charge is 0.492 e. The van der Waals surface area contributed by atoms with Gasteiger partial charge in [-0.2, -0.15) is 13.2 Å². The molecule has 0 unspecified atom stereocenters. The van der Waals surface area contributed by atoms with Crippen molar-refractivity contribution in [3.8, 4) is 17.2 Å². The standard InChI is InChI=1S/C16H12F3NO4/c1-10-6-8-11(9-7-10)22-14(21)20-16(15(17,18)19)23-12-4-2-3-5-13(12)24-16/h2-9H,1H3,(H,20,21). The van der Waals surface area contributed by atoms with Crippen molar-refractivity contribution < 1.29 is 32.2 Å². The topological polar surface area (TPSA) is 56.8 Å². The lowest BCUT2D eigenvalue weighted by atomic mass is 10.2. The number of carbonyl (C=O) groups is 1. The zero-order valence-corrected chi connectivity index (χ0v) is 12.4. The van der Waals surface area contributed by atoms with E-state index in [-0.39, 0.29) is 17.2 Å². The molecule has 3 rings (SSSR count). The third kappa shape index (κ3) is 2.94. The van der Waals surface area contributed by atoms with Crippen LogP contribution in [0.2, 0.25) is 0 Å². The number of nitrogens with one attached hydrogen (secondary N) is 1. The fraction of sp³-hybridized carbons (Fsp3) is 0.188.